The summed E-state index contributed by atoms with van der Waals surface area (Å²) in [7, 11) is 0. The molecule has 0 unspecified atom stereocenters. The van der Waals surface area contributed by atoms with Crippen molar-refractivity contribution in [2.45, 2.75) is 39.2 Å². The second kappa shape index (κ2) is 6.69. The number of hydrogen-bond donors (Lipinski definition) is 0. The van der Waals surface area contributed by atoms with E-state index in [4.69, 9.17) is 4.74 Å². The minimum atomic E-state index is -0.923. The van der Waals surface area contributed by atoms with E-state index >= 15 is 0 Å². The molecule has 22 heavy (non-hydrogen) atoms. The molecule has 0 atom stereocenters. The van der Waals surface area contributed by atoms with Crippen LogP contribution in [-0.4, -0.2) is 11.0 Å². The highest BCUT2D eigenvalue weighted by Gasteiger charge is 2.35. The summed E-state index contributed by atoms with van der Waals surface area (Å²) in [6.07, 6.45) is 1.75. The molecule has 2 rings (SSSR count). The first kappa shape index (κ1) is 16.1. The zero-order chi connectivity index (χ0) is 16.2. The third-order valence-corrected chi connectivity index (χ3v) is 3.63. The van der Waals surface area contributed by atoms with Crippen LogP contribution in [0.15, 0.2) is 42.6 Å². The molecule has 2 aromatic rings. The van der Waals surface area contributed by atoms with Crippen LogP contribution >= 0.6 is 0 Å². The average molecular weight is 301 g/mol. The minimum Gasteiger partial charge on any atom is -0.460 e. The Bertz CT molecular complexity index is 653. The van der Waals surface area contributed by atoms with Crippen LogP contribution in [-0.2, 0) is 28.0 Å². The first-order valence-electron chi connectivity index (χ1n) is 7.31. The van der Waals surface area contributed by atoms with Crippen LogP contribution in [0, 0.1) is 5.82 Å². The Morgan fingerprint density at radius 3 is 2.59 bits per heavy atom. The highest BCUT2D eigenvalue weighted by Crippen LogP contribution is 2.27. The fourth-order valence-electron chi connectivity index (χ4n) is 2.31. The third-order valence-electron chi connectivity index (χ3n) is 3.63. The summed E-state index contributed by atoms with van der Waals surface area (Å²) in [5.41, 5.74) is 1.29. The number of carbonyl (C=O) groups excluding carboxylic acids is 1. The number of ether oxygens (including phenoxy) is 1. The van der Waals surface area contributed by atoms with Gasteiger partial charge in [-0.25, -0.2) is 4.39 Å². The molecule has 0 bridgehead atoms. The van der Waals surface area contributed by atoms with Gasteiger partial charge in [0.2, 0.25) is 0 Å². The molecule has 1 aromatic carbocycles. The van der Waals surface area contributed by atoms with Gasteiger partial charge < -0.3 is 4.74 Å². The molecule has 0 saturated heterocycles. The van der Waals surface area contributed by atoms with Gasteiger partial charge in [0.25, 0.3) is 0 Å². The molecule has 1 heterocycles. The Balaban J connectivity index is 2.17. The van der Waals surface area contributed by atoms with E-state index in [2.05, 4.69) is 4.98 Å². The van der Waals surface area contributed by atoms with Crippen molar-refractivity contribution in [1.29, 1.82) is 0 Å². The first-order valence-corrected chi connectivity index (χ1v) is 7.31. The molecule has 0 aliphatic heterocycles. The van der Waals surface area contributed by atoms with Crippen LogP contribution < -0.4 is 0 Å². The summed E-state index contributed by atoms with van der Waals surface area (Å²) in [4.78, 5) is 16.6. The Morgan fingerprint density at radius 2 is 1.95 bits per heavy atom. The van der Waals surface area contributed by atoms with Gasteiger partial charge in [-0.15, -0.1) is 0 Å². The second-order valence-electron chi connectivity index (χ2n) is 5.70. The van der Waals surface area contributed by atoms with E-state index < -0.39 is 11.2 Å². The zero-order valence-corrected chi connectivity index (χ0v) is 13.1. The van der Waals surface area contributed by atoms with E-state index in [1.54, 1.807) is 13.8 Å². The van der Waals surface area contributed by atoms with Crippen LogP contribution in [0.3, 0.4) is 0 Å². The van der Waals surface area contributed by atoms with Gasteiger partial charge in [0.05, 0.1) is 11.9 Å². The van der Waals surface area contributed by atoms with Gasteiger partial charge in [-0.3, -0.25) is 9.78 Å². The van der Waals surface area contributed by atoms with Gasteiger partial charge in [-0.05, 0) is 37.5 Å². The first-order chi connectivity index (χ1) is 10.4. The fourth-order valence-corrected chi connectivity index (χ4v) is 2.31. The summed E-state index contributed by atoms with van der Waals surface area (Å²) in [5, 5.41) is 0. The normalized spacial score (nSPS) is 11.3. The van der Waals surface area contributed by atoms with Crippen molar-refractivity contribution >= 4 is 5.97 Å². The van der Waals surface area contributed by atoms with Gasteiger partial charge >= 0.3 is 5.97 Å². The smallest absolute Gasteiger partial charge is 0.317 e. The fraction of sp³-hybridized carbons (Fsp3) is 0.333. The zero-order valence-electron chi connectivity index (χ0n) is 13.1. The summed E-state index contributed by atoms with van der Waals surface area (Å²) < 4.78 is 18.7. The van der Waals surface area contributed by atoms with Gasteiger partial charge in [0, 0.05) is 0 Å². The molecule has 4 heteroatoms. The Kier molecular flexibility index (Phi) is 4.91. The molecule has 0 amide bonds. The van der Waals surface area contributed by atoms with Crippen molar-refractivity contribution in [3.63, 3.8) is 0 Å². The molecule has 0 aliphatic rings. The Morgan fingerprint density at radius 1 is 1.27 bits per heavy atom. The third kappa shape index (κ3) is 3.50. The van der Waals surface area contributed by atoms with Crippen molar-refractivity contribution in [1.82, 2.24) is 4.98 Å². The predicted octanol–water partition coefficient (Wildman–Crippen LogP) is 3.80. The SMILES string of the molecule is CCc1cc(F)cnc1C(C)(C)C(=O)OCc1ccccc1. The second-order valence-corrected chi connectivity index (χ2v) is 5.70. The Labute approximate surface area is 130 Å². The summed E-state index contributed by atoms with van der Waals surface area (Å²) >= 11 is 0. The number of hydrogen-bond acceptors (Lipinski definition) is 3. The molecule has 3 nitrogen and oxygen atoms in total. The van der Waals surface area contributed by atoms with Crippen molar-refractivity contribution in [3.8, 4) is 0 Å². The molecule has 116 valence electrons. The van der Waals surface area contributed by atoms with E-state index in [-0.39, 0.29) is 12.6 Å². The topological polar surface area (TPSA) is 39.2 Å². The van der Waals surface area contributed by atoms with Gasteiger partial charge in [0.15, 0.2) is 0 Å². The maximum absolute atomic E-state index is 13.3. The number of carbonyl (C=O) groups is 1. The lowest BCUT2D eigenvalue weighted by atomic mass is 9.85. The monoisotopic (exact) mass is 301 g/mol. The van der Waals surface area contributed by atoms with Crippen LogP contribution in [0.25, 0.3) is 0 Å². The summed E-state index contributed by atoms with van der Waals surface area (Å²) in [6, 6.07) is 10.9. The van der Waals surface area contributed by atoms with Crippen LogP contribution in [0.5, 0.6) is 0 Å². The largest absolute Gasteiger partial charge is 0.460 e. The number of nitrogens with zero attached hydrogens (tertiary/aromatic N) is 1. The maximum atomic E-state index is 13.3. The van der Waals surface area contributed by atoms with Gasteiger partial charge in [0.1, 0.15) is 17.8 Å². The van der Waals surface area contributed by atoms with Crippen molar-refractivity contribution in [3.05, 3.63) is 65.2 Å². The lowest BCUT2D eigenvalue weighted by Crippen LogP contribution is -2.33. The lowest BCUT2D eigenvalue weighted by molar-refractivity contribution is -0.150. The number of aryl methyl sites for hydroxylation is 1. The predicted molar refractivity (Wildman–Crippen MR) is 82.8 cm³/mol. The molecule has 0 radical (unpaired) electrons. The van der Waals surface area contributed by atoms with E-state index in [0.29, 0.717) is 12.1 Å². The molecule has 0 fully saturated rings. The van der Waals surface area contributed by atoms with Crippen LogP contribution in [0.1, 0.15) is 37.6 Å². The lowest BCUT2D eigenvalue weighted by Gasteiger charge is -2.24. The van der Waals surface area contributed by atoms with Gasteiger partial charge in [-0.2, -0.15) is 0 Å². The molecular weight excluding hydrogens is 281 g/mol. The van der Waals surface area contributed by atoms with Crippen LogP contribution in [0.4, 0.5) is 4.39 Å². The number of esters is 1. The molecule has 0 saturated carbocycles. The molecule has 0 aliphatic carbocycles. The molecule has 0 N–H and O–H groups in total. The molecule has 0 spiro atoms. The van der Waals surface area contributed by atoms with E-state index in [9.17, 15) is 9.18 Å². The standard InChI is InChI=1S/C18H20FNO2/c1-4-14-10-15(19)11-20-16(14)18(2,3)17(21)22-12-13-8-6-5-7-9-13/h5-11H,4,12H2,1-3H3. The van der Waals surface area contributed by atoms with Crippen molar-refractivity contribution < 1.29 is 13.9 Å². The number of benzene rings is 1. The van der Waals surface area contributed by atoms with Crippen LogP contribution in [0.2, 0.25) is 0 Å². The highest BCUT2D eigenvalue weighted by molar-refractivity contribution is 5.82. The summed E-state index contributed by atoms with van der Waals surface area (Å²) in [6.45, 7) is 5.62. The van der Waals surface area contributed by atoms with Crippen molar-refractivity contribution in [2.75, 3.05) is 0 Å². The number of rotatable bonds is 5. The maximum Gasteiger partial charge on any atom is 0.317 e. The average Bonchev–Trinajstić information content (AvgIpc) is 2.53. The minimum absolute atomic E-state index is 0.214. The van der Waals surface area contributed by atoms with E-state index in [1.807, 2.05) is 37.3 Å². The number of aromatic nitrogens is 1. The molecular formula is C18H20FNO2. The quantitative estimate of drug-likeness (QED) is 0.788. The molecule has 1 aromatic heterocycles. The van der Waals surface area contributed by atoms with Crippen molar-refractivity contribution in [2.24, 2.45) is 0 Å². The highest BCUT2D eigenvalue weighted by atomic mass is 19.1. The Hall–Kier alpha value is -2.23. The van der Waals surface area contributed by atoms with Gasteiger partial charge in [-0.1, -0.05) is 37.3 Å². The number of pyridine rings is 1. The summed E-state index contributed by atoms with van der Waals surface area (Å²) in [5.74, 6) is -0.765. The van der Waals surface area contributed by atoms with E-state index in [1.165, 1.54) is 6.07 Å². The van der Waals surface area contributed by atoms with E-state index in [0.717, 1.165) is 17.3 Å². The number of halogens is 1.